The molecule has 4 N–H and O–H groups in total. The second-order valence-corrected chi connectivity index (χ2v) is 16.3. The van der Waals surface area contributed by atoms with Gasteiger partial charge >= 0.3 is 12.1 Å². The first kappa shape index (κ1) is 36.6. The molecule has 1 aliphatic carbocycles. The molecule has 1 amide bonds. The Balaban J connectivity index is 1.56. The number of hydrogen-bond donors (Lipinski definition) is 4. The zero-order valence-corrected chi connectivity index (χ0v) is 29.7. The van der Waals surface area contributed by atoms with Gasteiger partial charge in [-0.2, -0.15) is 4.98 Å². The normalized spacial score (nSPS) is 17.2. The topological polar surface area (TPSA) is 169 Å². The van der Waals surface area contributed by atoms with Crippen LogP contribution in [0.1, 0.15) is 82.3 Å². The quantitative estimate of drug-likeness (QED) is 0.176. The molecule has 1 aliphatic rings. The molecule has 1 aromatic heterocycles. The van der Waals surface area contributed by atoms with E-state index >= 15 is 0 Å². The van der Waals surface area contributed by atoms with Gasteiger partial charge in [0.05, 0.1) is 16.2 Å². The summed E-state index contributed by atoms with van der Waals surface area (Å²) in [5, 5.41) is 16.0. The Morgan fingerprint density at radius 3 is 2.21 bits per heavy atom. The van der Waals surface area contributed by atoms with Gasteiger partial charge in [-0.25, -0.2) is 27.7 Å². The number of aromatic nitrogens is 2. The van der Waals surface area contributed by atoms with Crippen molar-refractivity contribution in [3.05, 3.63) is 65.2 Å². The molecular weight excluding hydrogens is 634 g/mol. The van der Waals surface area contributed by atoms with E-state index in [1.807, 2.05) is 52.8 Å². The number of carbonyl (C=O) groups excluding carboxylic acids is 1. The van der Waals surface area contributed by atoms with Gasteiger partial charge in [-0.3, -0.25) is 0 Å². The number of nitrogens with one attached hydrogen (secondary N) is 3. The molecule has 3 aromatic rings. The monoisotopic (exact) mass is 681 g/mol. The number of rotatable bonds is 12. The van der Waals surface area contributed by atoms with Crippen molar-refractivity contribution in [2.24, 2.45) is 5.41 Å². The van der Waals surface area contributed by atoms with Crippen LogP contribution in [0.25, 0.3) is 11.3 Å². The first-order valence-electron chi connectivity index (χ1n) is 16.0. The Bertz CT molecular complexity index is 1720. The zero-order chi connectivity index (χ0) is 35.4. The Morgan fingerprint density at radius 1 is 0.958 bits per heavy atom. The number of ether oxygens (including phenoxy) is 2. The van der Waals surface area contributed by atoms with Crippen LogP contribution in [-0.2, 0) is 14.8 Å². The molecule has 0 saturated heterocycles. The van der Waals surface area contributed by atoms with Gasteiger partial charge in [0.25, 0.3) is 10.0 Å². The van der Waals surface area contributed by atoms with Crippen LogP contribution in [0.4, 0.5) is 10.7 Å². The average Bonchev–Trinajstić information content (AvgIpc) is 2.92. The molecule has 1 fully saturated rings. The van der Waals surface area contributed by atoms with E-state index in [-0.39, 0.29) is 52.4 Å². The fraction of sp³-hybridized carbons (Fsp3) is 0.486. The third-order valence-corrected chi connectivity index (χ3v) is 9.00. The van der Waals surface area contributed by atoms with Crippen molar-refractivity contribution in [2.75, 3.05) is 11.3 Å². The molecule has 1 atom stereocenters. The van der Waals surface area contributed by atoms with E-state index in [4.69, 9.17) is 9.47 Å². The van der Waals surface area contributed by atoms with E-state index < -0.39 is 27.7 Å². The minimum absolute atomic E-state index is 0.0158. The molecule has 0 unspecified atom stereocenters. The lowest BCUT2D eigenvalue weighted by atomic mass is 9.84. The maximum atomic E-state index is 13.3. The predicted molar refractivity (Wildman–Crippen MR) is 184 cm³/mol. The highest BCUT2D eigenvalue weighted by molar-refractivity contribution is 7.92. The van der Waals surface area contributed by atoms with Crippen molar-refractivity contribution in [2.45, 2.75) is 103 Å². The van der Waals surface area contributed by atoms with Crippen LogP contribution in [0, 0.1) is 19.3 Å². The largest absolute Gasteiger partial charge is 0.478 e. The highest BCUT2D eigenvalue weighted by Gasteiger charge is 2.34. The van der Waals surface area contributed by atoms with Crippen molar-refractivity contribution < 1.29 is 32.6 Å². The maximum absolute atomic E-state index is 13.3. The first-order chi connectivity index (χ1) is 22.3. The highest BCUT2D eigenvalue weighted by Crippen LogP contribution is 2.30. The van der Waals surface area contributed by atoms with Gasteiger partial charge in [-0.05, 0) is 88.6 Å². The van der Waals surface area contributed by atoms with Crippen LogP contribution in [0.5, 0.6) is 5.88 Å². The number of sulfonamides is 1. The number of nitrogens with zero attached hydrogens (tertiary/aromatic N) is 2. The molecule has 12 nitrogen and oxygen atoms in total. The molecular formula is C35H47N5O7S. The number of amides is 1. The molecule has 0 spiro atoms. The van der Waals surface area contributed by atoms with E-state index in [1.54, 1.807) is 6.07 Å². The van der Waals surface area contributed by atoms with Gasteiger partial charge in [-0.1, -0.05) is 45.0 Å². The molecule has 0 radical (unpaired) electrons. The lowest BCUT2D eigenvalue weighted by Gasteiger charge is -2.40. The average molecular weight is 682 g/mol. The van der Waals surface area contributed by atoms with Gasteiger partial charge in [-0.15, -0.1) is 0 Å². The van der Waals surface area contributed by atoms with Crippen LogP contribution in [-0.4, -0.2) is 65.9 Å². The third-order valence-electron chi connectivity index (χ3n) is 7.68. The fourth-order valence-corrected chi connectivity index (χ4v) is 6.63. The third kappa shape index (κ3) is 10.4. The number of aryl methyl sites for hydroxylation is 2. The summed E-state index contributed by atoms with van der Waals surface area (Å²) in [6.45, 7) is 16.1. The minimum Gasteiger partial charge on any atom is -0.478 e. The molecule has 1 saturated carbocycles. The van der Waals surface area contributed by atoms with Crippen LogP contribution in [0.2, 0.25) is 0 Å². The summed E-state index contributed by atoms with van der Waals surface area (Å²) in [6, 6.07) is 12.7. The standard InChI is InChI=1S/C35H47N5O7S/c1-21-11-9-12-22(2)30(21)28-18-29(39-32(38-28)40-48(44,45)27-14-10-13-23(15-27)31(41)42)46-20-26(19-34(3,4)5)36-24-16-25(17-24)37-33(43)47-35(6,7)8/h9-15,18,24-26,36H,16-17,19-20H2,1-8H3,(H,37,43)(H,41,42)(H,38,39,40)/t24?,25?,26-/m1/s1. The van der Waals surface area contributed by atoms with E-state index in [9.17, 15) is 23.1 Å². The number of hydrogen-bond acceptors (Lipinski definition) is 9. The molecule has 2 aromatic carbocycles. The van der Waals surface area contributed by atoms with Crippen molar-refractivity contribution >= 4 is 28.0 Å². The number of benzene rings is 2. The van der Waals surface area contributed by atoms with E-state index in [0.29, 0.717) is 5.69 Å². The van der Waals surface area contributed by atoms with E-state index in [0.717, 1.165) is 42.0 Å². The van der Waals surface area contributed by atoms with Crippen LogP contribution >= 0.6 is 0 Å². The minimum atomic E-state index is -4.24. The summed E-state index contributed by atoms with van der Waals surface area (Å²) in [5.74, 6) is -1.27. The summed E-state index contributed by atoms with van der Waals surface area (Å²) in [6.07, 6.45) is 1.85. The van der Waals surface area contributed by atoms with Gasteiger partial charge in [0, 0.05) is 29.8 Å². The van der Waals surface area contributed by atoms with E-state index in [2.05, 4.69) is 46.1 Å². The molecule has 0 bridgehead atoms. The Morgan fingerprint density at radius 2 is 1.60 bits per heavy atom. The summed E-state index contributed by atoms with van der Waals surface area (Å²) < 4.78 is 40.8. The SMILES string of the molecule is Cc1cccc(C)c1-c1cc(OC[C@@H](CC(C)(C)C)NC2CC(NC(=O)OC(C)(C)C)C2)nc(NS(=O)(=O)c2cccc(C(=O)O)c2)n1. The number of alkyl carbamates (subject to hydrolysis) is 1. The summed E-state index contributed by atoms with van der Waals surface area (Å²) in [5.41, 5.74) is 2.42. The molecule has 0 aliphatic heterocycles. The first-order valence-corrected chi connectivity index (χ1v) is 17.5. The molecule has 4 rings (SSSR count). The lowest BCUT2D eigenvalue weighted by Crippen LogP contribution is -2.56. The second-order valence-electron chi connectivity index (χ2n) is 14.6. The Hall–Kier alpha value is -4.23. The van der Waals surface area contributed by atoms with Crippen LogP contribution < -0.4 is 20.1 Å². The van der Waals surface area contributed by atoms with Crippen molar-refractivity contribution in [1.29, 1.82) is 0 Å². The van der Waals surface area contributed by atoms with Crippen molar-refractivity contribution in [3.63, 3.8) is 0 Å². The number of anilines is 1. The molecule has 260 valence electrons. The number of aromatic carboxylic acids is 1. The van der Waals surface area contributed by atoms with Gasteiger partial charge in [0.1, 0.15) is 12.2 Å². The summed E-state index contributed by atoms with van der Waals surface area (Å²) in [4.78, 5) is 32.4. The fourth-order valence-electron chi connectivity index (χ4n) is 5.64. The van der Waals surface area contributed by atoms with Crippen LogP contribution in [0.15, 0.2) is 53.4 Å². The molecule has 48 heavy (non-hydrogen) atoms. The smallest absolute Gasteiger partial charge is 0.407 e. The van der Waals surface area contributed by atoms with E-state index in [1.165, 1.54) is 18.2 Å². The second kappa shape index (κ2) is 14.5. The van der Waals surface area contributed by atoms with Gasteiger partial charge in [0.2, 0.25) is 11.8 Å². The molecule has 13 heteroatoms. The zero-order valence-electron chi connectivity index (χ0n) is 28.9. The Labute approximate surface area is 283 Å². The number of carbonyl (C=O) groups is 2. The summed E-state index contributed by atoms with van der Waals surface area (Å²) >= 11 is 0. The molecule has 1 heterocycles. The van der Waals surface area contributed by atoms with Gasteiger partial charge < -0.3 is 25.2 Å². The Kier molecular flexibility index (Phi) is 11.0. The lowest BCUT2D eigenvalue weighted by molar-refractivity contribution is 0.0457. The summed E-state index contributed by atoms with van der Waals surface area (Å²) in [7, 11) is -4.24. The van der Waals surface area contributed by atoms with Gasteiger partial charge in [0.15, 0.2) is 0 Å². The van der Waals surface area contributed by atoms with Crippen molar-refractivity contribution in [3.8, 4) is 17.1 Å². The maximum Gasteiger partial charge on any atom is 0.407 e. The highest BCUT2D eigenvalue weighted by atomic mass is 32.2. The van der Waals surface area contributed by atoms with Crippen molar-refractivity contribution in [1.82, 2.24) is 20.6 Å². The predicted octanol–water partition coefficient (Wildman–Crippen LogP) is 6.09. The number of carboxylic acids is 1. The number of carboxylic acid groups (broad SMARTS) is 1. The van der Waals surface area contributed by atoms with Crippen LogP contribution in [0.3, 0.4) is 0 Å².